The fraction of sp³-hybridized carbons (Fsp3) is 0.143. The minimum absolute atomic E-state index is 0.149. The minimum atomic E-state index is -4.65. The molecule has 0 N–H and O–H groups in total. The summed E-state index contributed by atoms with van der Waals surface area (Å²) in [7, 11) is 0. The van der Waals surface area contributed by atoms with Crippen LogP contribution >= 0.6 is 0 Å². The third-order valence-corrected chi connectivity index (χ3v) is 2.65. The Hall–Kier alpha value is -1.98. The van der Waals surface area contributed by atoms with Crippen molar-refractivity contribution in [2.24, 2.45) is 0 Å². The van der Waals surface area contributed by atoms with Gasteiger partial charge in [-0.25, -0.2) is 0 Å². The highest BCUT2D eigenvalue weighted by atomic mass is 19.4. The largest absolute Gasteiger partial charge is 0.417 e. The second-order valence-corrected chi connectivity index (χ2v) is 4.03. The van der Waals surface area contributed by atoms with Gasteiger partial charge in [0.05, 0.1) is 11.1 Å². The average Bonchev–Trinajstić information content (AvgIpc) is 2.37. The van der Waals surface area contributed by atoms with E-state index in [1.54, 1.807) is 0 Å². The number of halogens is 6. The zero-order chi connectivity index (χ0) is 15.0. The van der Waals surface area contributed by atoms with Crippen LogP contribution in [0, 0.1) is 6.07 Å². The van der Waals surface area contributed by atoms with E-state index in [2.05, 4.69) is 0 Å². The van der Waals surface area contributed by atoms with Crippen molar-refractivity contribution in [2.75, 3.05) is 0 Å². The predicted molar refractivity (Wildman–Crippen MR) is 60.7 cm³/mol. The van der Waals surface area contributed by atoms with Gasteiger partial charge in [-0.2, -0.15) is 26.3 Å². The summed E-state index contributed by atoms with van der Waals surface area (Å²) in [5.74, 6) is 0. The molecule has 0 fully saturated rings. The number of hydrogen-bond donors (Lipinski definition) is 0. The van der Waals surface area contributed by atoms with Crippen molar-refractivity contribution in [1.29, 1.82) is 0 Å². The van der Waals surface area contributed by atoms with Crippen molar-refractivity contribution in [1.82, 2.24) is 0 Å². The Morgan fingerprint density at radius 3 is 2.05 bits per heavy atom. The SMILES string of the molecule is FC(F)(F)c1[c]ccc(-c2ccccc2C(F)(F)F)c1. The lowest BCUT2D eigenvalue weighted by molar-refractivity contribution is -0.138. The molecule has 2 aromatic rings. The summed E-state index contributed by atoms with van der Waals surface area (Å²) in [6.45, 7) is 0. The third kappa shape index (κ3) is 2.95. The monoisotopic (exact) mass is 289 g/mol. The van der Waals surface area contributed by atoms with Crippen molar-refractivity contribution in [3.05, 3.63) is 59.7 Å². The van der Waals surface area contributed by atoms with Crippen molar-refractivity contribution in [3.63, 3.8) is 0 Å². The topological polar surface area (TPSA) is 0 Å². The Labute approximate surface area is 110 Å². The predicted octanol–water partition coefficient (Wildman–Crippen LogP) is 5.19. The van der Waals surface area contributed by atoms with Gasteiger partial charge in [-0.15, -0.1) is 0 Å². The van der Waals surface area contributed by atoms with Gasteiger partial charge in [0.25, 0.3) is 0 Å². The van der Waals surface area contributed by atoms with Crippen molar-refractivity contribution in [2.45, 2.75) is 12.4 Å². The van der Waals surface area contributed by atoms with Gasteiger partial charge in [-0.1, -0.05) is 30.3 Å². The highest BCUT2D eigenvalue weighted by Crippen LogP contribution is 2.38. The molecule has 0 atom stereocenters. The van der Waals surface area contributed by atoms with Crippen molar-refractivity contribution >= 4 is 0 Å². The van der Waals surface area contributed by atoms with Crippen LogP contribution in [0.2, 0.25) is 0 Å². The zero-order valence-corrected chi connectivity index (χ0v) is 9.81. The fourth-order valence-corrected chi connectivity index (χ4v) is 1.78. The second-order valence-electron chi connectivity index (χ2n) is 4.03. The molecular weight excluding hydrogens is 282 g/mol. The first-order valence-corrected chi connectivity index (χ1v) is 5.45. The quantitative estimate of drug-likeness (QED) is 0.634. The average molecular weight is 289 g/mol. The van der Waals surface area contributed by atoms with E-state index < -0.39 is 23.5 Å². The third-order valence-electron chi connectivity index (χ3n) is 2.65. The molecule has 0 heterocycles. The lowest BCUT2D eigenvalue weighted by atomic mass is 9.97. The second kappa shape index (κ2) is 4.85. The van der Waals surface area contributed by atoms with Crippen LogP contribution in [0.3, 0.4) is 0 Å². The van der Waals surface area contributed by atoms with E-state index in [-0.39, 0.29) is 11.1 Å². The molecule has 2 aromatic carbocycles. The fourth-order valence-electron chi connectivity index (χ4n) is 1.78. The van der Waals surface area contributed by atoms with Gasteiger partial charge < -0.3 is 0 Å². The highest BCUT2D eigenvalue weighted by Gasteiger charge is 2.34. The Morgan fingerprint density at radius 2 is 1.45 bits per heavy atom. The Bertz CT molecular complexity index is 610. The molecule has 6 heteroatoms. The van der Waals surface area contributed by atoms with E-state index >= 15 is 0 Å². The standard InChI is InChI=1S/C14H7F6/c15-13(16,17)10-5-3-4-9(8-10)11-6-1-2-7-12(11)14(18,19)20/h1-4,6-8H. The van der Waals surface area contributed by atoms with Crippen LogP contribution in [-0.2, 0) is 12.4 Å². The molecule has 0 aliphatic heterocycles. The van der Waals surface area contributed by atoms with Gasteiger partial charge in [-0.3, -0.25) is 0 Å². The maximum Gasteiger partial charge on any atom is 0.417 e. The van der Waals surface area contributed by atoms with E-state index in [1.165, 1.54) is 18.2 Å². The van der Waals surface area contributed by atoms with Gasteiger partial charge >= 0.3 is 12.4 Å². The molecule has 0 aliphatic carbocycles. The van der Waals surface area contributed by atoms with Gasteiger partial charge in [0.15, 0.2) is 0 Å². The van der Waals surface area contributed by atoms with Crippen LogP contribution in [0.4, 0.5) is 26.3 Å². The zero-order valence-electron chi connectivity index (χ0n) is 9.81. The van der Waals surface area contributed by atoms with E-state index in [4.69, 9.17) is 0 Å². The van der Waals surface area contributed by atoms with Gasteiger partial charge in [0, 0.05) is 0 Å². The highest BCUT2D eigenvalue weighted by molar-refractivity contribution is 5.68. The van der Waals surface area contributed by atoms with Crippen LogP contribution in [0.1, 0.15) is 11.1 Å². The van der Waals surface area contributed by atoms with Gasteiger partial charge in [0.1, 0.15) is 0 Å². The molecule has 0 amide bonds. The van der Waals surface area contributed by atoms with Crippen LogP contribution in [0.15, 0.2) is 42.5 Å². The lowest BCUT2D eigenvalue weighted by Crippen LogP contribution is -2.08. The Morgan fingerprint density at radius 1 is 0.800 bits per heavy atom. The summed E-state index contributed by atoms with van der Waals surface area (Å²) >= 11 is 0. The molecule has 2 rings (SSSR count). The summed E-state index contributed by atoms with van der Waals surface area (Å²) < 4.78 is 76.2. The molecule has 0 saturated carbocycles. The van der Waals surface area contributed by atoms with Crippen LogP contribution < -0.4 is 0 Å². The summed E-state index contributed by atoms with van der Waals surface area (Å²) in [6.07, 6.45) is -9.28. The minimum Gasteiger partial charge on any atom is -0.166 e. The van der Waals surface area contributed by atoms with Gasteiger partial charge in [-0.05, 0) is 29.3 Å². The van der Waals surface area contributed by atoms with E-state index in [0.717, 1.165) is 18.2 Å². The van der Waals surface area contributed by atoms with Crippen molar-refractivity contribution < 1.29 is 26.3 Å². The number of alkyl halides is 6. The first-order valence-electron chi connectivity index (χ1n) is 5.45. The Balaban J connectivity index is 2.59. The molecule has 0 bridgehead atoms. The normalized spacial score (nSPS) is 12.5. The first kappa shape index (κ1) is 14.4. The molecule has 0 aromatic heterocycles. The molecule has 20 heavy (non-hydrogen) atoms. The molecule has 0 nitrogen and oxygen atoms in total. The van der Waals surface area contributed by atoms with E-state index in [1.807, 2.05) is 6.07 Å². The summed E-state index contributed by atoms with van der Waals surface area (Å²) in [5, 5.41) is 0. The smallest absolute Gasteiger partial charge is 0.166 e. The van der Waals surface area contributed by atoms with Gasteiger partial charge in [0.2, 0.25) is 0 Å². The Kier molecular flexibility index (Phi) is 3.50. The maximum atomic E-state index is 12.8. The molecule has 1 radical (unpaired) electrons. The number of benzene rings is 2. The summed E-state index contributed by atoms with van der Waals surface area (Å²) in [4.78, 5) is 0. The maximum absolute atomic E-state index is 12.8. The molecular formula is C14H7F6. The van der Waals surface area contributed by atoms with E-state index in [9.17, 15) is 26.3 Å². The molecule has 0 spiro atoms. The van der Waals surface area contributed by atoms with E-state index in [0.29, 0.717) is 6.07 Å². The summed E-state index contributed by atoms with van der Waals surface area (Å²) in [5.41, 5.74) is -2.52. The molecule has 0 unspecified atom stereocenters. The van der Waals surface area contributed by atoms with Crippen molar-refractivity contribution in [3.8, 4) is 11.1 Å². The molecule has 0 saturated heterocycles. The van der Waals surface area contributed by atoms with Crippen LogP contribution in [-0.4, -0.2) is 0 Å². The first-order chi connectivity index (χ1) is 9.19. The summed E-state index contributed by atoms with van der Waals surface area (Å²) in [6, 6.07) is 9.26. The lowest BCUT2D eigenvalue weighted by Gasteiger charge is -2.14. The number of rotatable bonds is 1. The number of hydrogen-bond acceptors (Lipinski definition) is 0. The van der Waals surface area contributed by atoms with Crippen LogP contribution in [0.5, 0.6) is 0 Å². The van der Waals surface area contributed by atoms with Crippen LogP contribution in [0.25, 0.3) is 11.1 Å². The molecule has 0 aliphatic rings. The molecule has 105 valence electrons.